The third-order valence-electron chi connectivity index (χ3n) is 6.41. The number of rotatable bonds is 10. The molecule has 0 fully saturated rings. The molecule has 5 rings (SSSR count). The third-order valence-corrected chi connectivity index (χ3v) is 7.67. The topological polar surface area (TPSA) is 64.0 Å². The summed E-state index contributed by atoms with van der Waals surface area (Å²) >= 11 is 7.74. The predicted molar refractivity (Wildman–Crippen MR) is 160 cm³/mol. The maximum Gasteiger partial charge on any atom is 0.266 e. The SMILES string of the molecule is O=C(CCCCSc1nc2ccccc2c(=O)n1-c1cccc(Cl)c1)NC(c1ccccc1)c1ccccc1. The van der Waals surface area contributed by atoms with Crippen LogP contribution in [0, 0.1) is 0 Å². The lowest BCUT2D eigenvalue weighted by Gasteiger charge is -2.20. The minimum Gasteiger partial charge on any atom is -0.345 e. The number of fused-ring (bicyclic) bond motifs is 1. The van der Waals surface area contributed by atoms with Gasteiger partial charge in [0.25, 0.3) is 5.56 Å². The van der Waals surface area contributed by atoms with Crippen LogP contribution in [0.3, 0.4) is 0 Å². The van der Waals surface area contributed by atoms with E-state index in [-0.39, 0.29) is 17.5 Å². The number of amides is 1. The predicted octanol–water partition coefficient (Wildman–Crippen LogP) is 7.21. The van der Waals surface area contributed by atoms with Gasteiger partial charge in [-0.25, -0.2) is 4.98 Å². The van der Waals surface area contributed by atoms with Gasteiger partial charge in [0.15, 0.2) is 5.16 Å². The van der Waals surface area contributed by atoms with Crippen LogP contribution in [-0.4, -0.2) is 21.2 Å². The molecule has 7 heteroatoms. The summed E-state index contributed by atoms with van der Waals surface area (Å²) in [5, 5.41) is 4.93. The molecule has 0 aliphatic carbocycles. The summed E-state index contributed by atoms with van der Waals surface area (Å²) in [4.78, 5) is 31.1. The standard InChI is InChI=1S/C32H28ClN3O2S/c33-25-16-11-17-26(22-25)36-31(38)27-18-7-8-19-28(27)34-32(36)39-21-10-9-20-29(37)35-30(23-12-3-1-4-13-23)24-14-5-2-6-15-24/h1-8,11-19,22,30H,9-10,20-21H2,(H,35,37). The number of carbonyl (C=O) groups excluding carboxylic acids is 1. The maximum absolute atomic E-state index is 13.4. The van der Waals surface area contributed by atoms with Crippen molar-refractivity contribution in [3.05, 3.63) is 136 Å². The van der Waals surface area contributed by atoms with Gasteiger partial charge in [-0.1, -0.05) is 102 Å². The second-order valence-electron chi connectivity index (χ2n) is 9.16. The minimum atomic E-state index is -0.191. The summed E-state index contributed by atoms with van der Waals surface area (Å²) in [6.07, 6.45) is 1.95. The van der Waals surface area contributed by atoms with Crippen molar-refractivity contribution in [1.82, 2.24) is 14.9 Å². The van der Waals surface area contributed by atoms with Gasteiger partial charge in [0.2, 0.25) is 5.91 Å². The molecule has 0 unspecified atom stereocenters. The van der Waals surface area contributed by atoms with E-state index in [2.05, 4.69) is 5.32 Å². The van der Waals surface area contributed by atoms with Crippen LogP contribution in [0.25, 0.3) is 16.6 Å². The van der Waals surface area contributed by atoms with Crippen molar-refractivity contribution in [2.24, 2.45) is 0 Å². The quantitative estimate of drug-likeness (QED) is 0.113. The van der Waals surface area contributed by atoms with Crippen molar-refractivity contribution in [1.29, 1.82) is 0 Å². The highest BCUT2D eigenvalue weighted by molar-refractivity contribution is 7.99. The van der Waals surface area contributed by atoms with Gasteiger partial charge in [-0.05, 0) is 54.3 Å². The van der Waals surface area contributed by atoms with Crippen LogP contribution in [0.2, 0.25) is 5.02 Å². The molecule has 5 aromatic rings. The van der Waals surface area contributed by atoms with E-state index in [1.54, 1.807) is 22.8 Å². The Bertz CT molecular complexity index is 1580. The van der Waals surface area contributed by atoms with E-state index in [0.717, 1.165) is 29.7 Å². The van der Waals surface area contributed by atoms with Gasteiger partial charge < -0.3 is 5.32 Å². The molecule has 196 valence electrons. The molecule has 1 aromatic heterocycles. The van der Waals surface area contributed by atoms with Crippen LogP contribution in [-0.2, 0) is 4.79 Å². The first kappa shape index (κ1) is 26.7. The average Bonchev–Trinajstić information content (AvgIpc) is 2.97. The fourth-order valence-corrected chi connectivity index (χ4v) is 5.68. The molecule has 5 nitrogen and oxygen atoms in total. The summed E-state index contributed by atoms with van der Waals surface area (Å²) in [5.41, 5.74) is 3.32. The highest BCUT2D eigenvalue weighted by Crippen LogP contribution is 2.25. The molecule has 0 saturated heterocycles. The van der Waals surface area contributed by atoms with Crippen molar-refractivity contribution >= 4 is 40.2 Å². The van der Waals surface area contributed by atoms with E-state index in [9.17, 15) is 9.59 Å². The fraction of sp³-hybridized carbons (Fsp3) is 0.156. The zero-order valence-corrected chi connectivity index (χ0v) is 22.9. The zero-order chi connectivity index (χ0) is 27.0. The van der Waals surface area contributed by atoms with Gasteiger partial charge >= 0.3 is 0 Å². The van der Waals surface area contributed by atoms with E-state index in [4.69, 9.17) is 16.6 Å². The molecule has 0 spiro atoms. The average molecular weight is 554 g/mol. The molecule has 4 aromatic carbocycles. The van der Waals surface area contributed by atoms with Gasteiger partial charge in [-0.15, -0.1) is 0 Å². The number of benzene rings is 4. The van der Waals surface area contributed by atoms with Crippen molar-refractivity contribution in [2.75, 3.05) is 5.75 Å². The molecule has 0 aliphatic heterocycles. The van der Waals surface area contributed by atoms with E-state index in [0.29, 0.717) is 33.2 Å². The molecule has 0 atom stereocenters. The number of thioether (sulfide) groups is 1. The lowest BCUT2D eigenvalue weighted by Crippen LogP contribution is -2.29. The van der Waals surface area contributed by atoms with Gasteiger partial charge in [0.1, 0.15) is 0 Å². The number of unbranched alkanes of at least 4 members (excludes halogenated alkanes) is 1. The van der Waals surface area contributed by atoms with Gasteiger partial charge in [-0.2, -0.15) is 0 Å². The molecular weight excluding hydrogens is 526 g/mol. The molecule has 0 saturated carbocycles. The Kier molecular flexibility index (Phi) is 8.76. The van der Waals surface area contributed by atoms with Crippen LogP contribution in [0.15, 0.2) is 119 Å². The van der Waals surface area contributed by atoms with Crippen LogP contribution >= 0.6 is 23.4 Å². The molecule has 1 N–H and O–H groups in total. The van der Waals surface area contributed by atoms with E-state index < -0.39 is 0 Å². The van der Waals surface area contributed by atoms with E-state index in [1.807, 2.05) is 91.0 Å². The monoisotopic (exact) mass is 553 g/mol. The van der Waals surface area contributed by atoms with Gasteiger partial charge in [0, 0.05) is 17.2 Å². The summed E-state index contributed by atoms with van der Waals surface area (Å²) in [6, 6.07) is 34.4. The summed E-state index contributed by atoms with van der Waals surface area (Å²) < 4.78 is 1.62. The second kappa shape index (κ2) is 12.8. The minimum absolute atomic E-state index is 0.0115. The molecular formula is C32H28ClN3O2S. The second-order valence-corrected chi connectivity index (χ2v) is 10.7. The van der Waals surface area contributed by atoms with E-state index >= 15 is 0 Å². The Hall–Kier alpha value is -3.87. The summed E-state index contributed by atoms with van der Waals surface area (Å²) in [6.45, 7) is 0. The van der Waals surface area contributed by atoms with Crippen molar-refractivity contribution in [2.45, 2.75) is 30.5 Å². The molecule has 39 heavy (non-hydrogen) atoms. The third kappa shape index (κ3) is 6.59. The summed E-state index contributed by atoms with van der Waals surface area (Å²) in [7, 11) is 0. The van der Waals surface area contributed by atoms with Crippen molar-refractivity contribution < 1.29 is 4.79 Å². The van der Waals surface area contributed by atoms with Crippen LogP contribution in [0.1, 0.15) is 36.4 Å². The first-order valence-electron chi connectivity index (χ1n) is 12.9. The number of hydrogen-bond donors (Lipinski definition) is 1. The number of para-hydroxylation sites is 1. The first-order valence-corrected chi connectivity index (χ1v) is 14.3. The molecule has 0 bridgehead atoms. The normalized spacial score (nSPS) is 11.1. The highest BCUT2D eigenvalue weighted by atomic mass is 35.5. The Balaban J connectivity index is 1.24. The fourth-order valence-electron chi connectivity index (χ4n) is 4.49. The van der Waals surface area contributed by atoms with Gasteiger partial charge in [0.05, 0.1) is 22.6 Å². The number of nitrogens with one attached hydrogen (secondary N) is 1. The Morgan fingerprint density at radius 1 is 0.846 bits per heavy atom. The summed E-state index contributed by atoms with van der Waals surface area (Å²) in [5.74, 6) is 0.733. The van der Waals surface area contributed by atoms with E-state index in [1.165, 1.54) is 11.8 Å². The Labute approximate surface area is 236 Å². The maximum atomic E-state index is 13.4. The van der Waals surface area contributed by atoms with Crippen LogP contribution < -0.4 is 10.9 Å². The first-order chi connectivity index (χ1) is 19.1. The molecule has 0 radical (unpaired) electrons. The van der Waals surface area contributed by atoms with Crippen molar-refractivity contribution in [3.8, 4) is 5.69 Å². The highest BCUT2D eigenvalue weighted by Gasteiger charge is 2.17. The zero-order valence-electron chi connectivity index (χ0n) is 21.3. The Morgan fingerprint density at radius 2 is 1.51 bits per heavy atom. The van der Waals surface area contributed by atoms with Crippen LogP contribution in [0.4, 0.5) is 0 Å². The molecule has 1 amide bonds. The van der Waals surface area contributed by atoms with Crippen LogP contribution in [0.5, 0.6) is 0 Å². The number of carbonyl (C=O) groups is 1. The van der Waals surface area contributed by atoms with Gasteiger partial charge in [-0.3, -0.25) is 14.2 Å². The number of hydrogen-bond acceptors (Lipinski definition) is 4. The lowest BCUT2D eigenvalue weighted by molar-refractivity contribution is -0.121. The Morgan fingerprint density at radius 3 is 2.21 bits per heavy atom. The molecule has 0 aliphatic rings. The number of halogens is 1. The number of aromatic nitrogens is 2. The van der Waals surface area contributed by atoms with Crippen molar-refractivity contribution in [3.63, 3.8) is 0 Å². The smallest absolute Gasteiger partial charge is 0.266 e. The lowest BCUT2D eigenvalue weighted by atomic mass is 9.98. The molecule has 1 heterocycles. The largest absolute Gasteiger partial charge is 0.345 e. The number of nitrogens with zero attached hydrogens (tertiary/aromatic N) is 2.